The van der Waals surface area contributed by atoms with Crippen molar-refractivity contribution in [1.29, 1.82) is 0 Å². The number of aliphatic hydroxyl groups is 4. The van der Waals surface area contributed by atoms with Crippen LogP contribution >= 0.6 is 11.3 Å². The van der Waals surface area contributed by atoms with Crippen molar-refractivity contribution < 1.29 is 25.2 Å². The molecule has 13 heteroatoms. The van der Waals surface area contributed by atoms with Crippen LogP contribution in [0, 0.1) is 5.41 Å². The lowest BCUT2D eigenvalue weighted by molar-refractivity contribution is -0.115. The summed E-state index contributed by atoms with van der Waals surface area (Å²) in [4.78, 5) is 12.2. The molecule has 0 fully saturated rings. The summed E-state index contributed by atoms with van der Waals surface area (Å²) in [6.45, 7) is 1.21. The van der Waals surface area contributed by atoms with Gasteiger partial charge in [0.05, 0.1) is 30.7 Å². The highest BCUT2D eigenvalue weighted by atomic mass is 32.1. The molecule has 0 aliphatic heterocycles. The minimum atomic E-state index is -1.08. The Kier molecular flexibility index (Phi) is 12.9. The number of benzene rings is 2. The third-order valence-corrected chi connectivity index (χ3v) is 8.24. The maximum absolute atomic E-state index is 12.2. The molecule has 45 heavy (non-hydrogen) atoms. The molecule has 0 saturated carbocycles. The summed E-state index contributed by atoms with van der Waals surface area (Å²) in [6.07, 6.45) is 1.96. The van der Waals surface area contributed by atoms with Crippen LogP contribution in [0.5, 0.6) is 0 Å². The first kappa shape index (κ1) is 34.0. The highest BCUT2D eigenvalue weighted by molar-refractivity contribution is 7.15. The first-order valence-electron chi connectivity index (χ1n) is 14.9. The fourth-order valence-corrected chi connectivity index (χ4v) is 5.32. The molecule has 4 rings (SSSR count). The van der Waals surface area contributed by atoms with Crippen LogP contribution in [0.15, 0.2) is 66.7 Å². The average Bonchev–Trinajstić information content (AvgIpc) is 3.49. The van der Waals surface area contributed by atoms with Gasteiger partial charge in [-0.1, -0.05) is 72.9 Å². The van der Waals surface area contributed by atoms with Gasteiger partial charge in [0.2, 0.25) is 11.0 Å². The molecular formula is C32H41N7O5S. The Balaban J connectivity index is 1.14. The summed E-state index contributed by atoms with van der Waals surface area (Å²) in [5, 5.41) is 66.7. The molecule has 0 saturated heterocycles. The van der Waals surface area contributed by atoms with E-state index in [-0.39, 0.29) is 25.5 Å². The van der Waals surface area contributed by atoms with E-state index in [9.17, 15) is 25.2 Å². The predicted octanol–water partition coefficient (Wildman–Crippen LogP) is 2.45. The second-order valence-corrected chi connectivity index (χ2v) is 12.3. The number of rotatable bonds is 18. The highest BCUT2D eigenvalue weighted by Gasteiger charge is 2.31. The Hall–Kier alpha value is -3.85. The molecule has 4 aromatic rings. The molecule has 0 aliphatic carbocycles. The molecule has 240 valence electrons. The molecule has 0 bridgehead atoms. The lowest BCUT2D eigenvalue weighted by Crippen LogP contribution is -2.47. The van der Waals surface area contributed by atoms with Crippen molar-refractivity contribution in [3.63, 3.8) is 0 Å². The van der Waals surface area contributed by atoms with Gasteiger partial charge >= 0.3 is 0 Å². The average molecular weight is 636 g/mol. The Bertz CT molecular complexity index is 1470. The SMILES string of the molecule is CC(CO)(CO)C(O)NCc1cccc(CC(O)Nc2nnc(CCCCc3ccc(NC(=O)Cc4ccccc4)nn3)s2)c1. The number of hydrogen-bond acceptors (Lipinski definition) is 12. The highest BCUT2D eigenvalue weighted by Crippen LogP contribution is 2.21. The van der Waals surface area contributed by atoms with Gasteiger partial charge in [-0.15, -0.1) is 15.3 Å². The van der Waals surface area contributed by atoms with E-state index in [2.05, 4.69) is 36.3 Å². The molecule has 0 spiro atoms. The van der Waals surface area contributed by atoms with Crippen LogP contribution in [-0.2, 0) is 37.0 Å². The Morgan fingerprint density at radius 3 is 2.33 bits per heavy atom. The van der Waals surface area contributed by atoms with Crippen molar-refractivity contribution in [3.05, 3.63) is 94.1 Å². The van der Waals surface area contributed by atoms with E-state index in [0.717, 1.165) is 53.1 Å². The number of carbonyl (C=O) groups is 1. The van der Waals surface area contributed by atoms with Crippen LogP contribution in [-0.4, -0.2) is 72.4 Å². The molecule has 2 unspecified atom stereocenters. The van der Waals surface area contributed by atoms with Crippen molar-refractivity contribution in [1.82, 2.24) is 25.7 Å². The summed E-state index contributed by atoms with van der Waals surface area (Å²) < 4.78 is 0. The lowest BCUT2D eigenvalue weighted by atomic mass is 9.90. The largest absolute Gasteiger partial charge is 0.396 e. The minimum Gasteiger partial charge on any atom is -0.396 e. The van der Waals surface area contributed by atoms with Gasteiger partial charge in [-0.25, -0.2) is 0 Å². The van der Waals surface area contributed by atoms with Crippen molar-refractivity contribution in [3.8, 4) is 0 Å². The van der Waals surface area contributed by atoms with Crippen LogP contribution in [0.2, 0.25) is 0 Å². The third-order valence-electron chi connectivity index (χ3n) is 7.33. The van der Waals surface area contributed by atoms with Crippen molar-refractivity contribution in [2.75, 3.05) is 23.8 Å². The maximum Gasteiger partial charge on any atom is 0.229 e. The monoisotopic (exact) mass is 635 g/mol. The number of aromatic nitrogens is 4. The zero-order valence-electron chi connectivity index (χ0n) is 25.3. The smallest absolute Gasteiger partial charge is 0.229 e. The molecule has 0 radical (unpaired) electrons. The van der Waals surface area contributed by atoms with Crippen LogP contribution < -0.4 is 16.0 Å². The number of hydrogen-bond donors (Lipinski definition) is 7. The first-order chi connectivity index (χ1) is 21.8. The van der Waals surface area contributed by atoms with E-state index >= 15 is 0 Å². The number of anilines is 2. The van der Waals surface area contributed by atoms with Gasteiger partial charge < -0.3 is 31.1 Å². The van der Waals surface area contributed by atoms with E-state index in [1.54, 1.807) is 13.0 Å². The van der Waals surface area contributed by atoms with E-state index in [0.29, 0.717) is 23.9 Å². The van der Waals surface area contributed by atoms with Crippen LogP contribution in [0.3, 0.4) is 0 Å². The zero-order chi connectivity index (χ0) is 32.1. The van der Waals surface area contributed by atoms with E-state index in [4.69, 9.17) is 0 Å². The molecule has 0 aliphatic rings. The Labute approximate surface area is 266 Å². The number of nitrogens with zero attached hydrogens (tertiary/aromatic N) is 4. The third kappa shape index (κ3) is 10.9. The predicted molar refractivity (Wildman–Crippen MR) is 172 cm³/mol. The van der Waals surface area contributed by atoms with Crippen LogP contribution in [0.25, 0.3) is 0 Å². The fraction of sp³-hybridized carbons (Fsp3) is 0.406. The standard InChI is InChI=1S/C32H41N7O5S/c1-32(20-40,21-41)30(44)33-19-24-11-7-10-23(16-24)18-28(43)35-31-39-38-29(45-31)13-6-5-12-25-14-15-26(37-36-25)34-27(42)17-22-8-3-2-4-9-22/h2-4,7-11,14-16,28,30,33,40-41,43-44H,5-6,12-13,17-21H2,1H3,(H,35,39)(H,34,37,42). The quantitative estimate of drug-likeness (QED) is 0.0629. The summed E-state index contributed by atoms with van der Waals surface area (Å²) in [7, 11) is 0. The van der Waals surface area contributed by atoms with Crippen molar-refractivity contribution in [2.24, 2.45) is 5.41 Å². The second kappa shape index (κ2) is 17.0. The molecule has 2 heterocycles. The second-order valence-electron chi connectivity index (χ2n) is 11.3. The summed E-state index contributed by atoms with van der Waals surface area (Å²) >= 11 is 1.41. The van der Waals surface area contributed by atoms with Gasteiger partial charge in [0.25, 0.3) is 0 Å². The fourth-order valence-electron chi connectivity index (χ4n) is 4.49. The van der Waals surface area contributed by atoms with E-state index in [1.807, 2.05) is 60.7 Å². The maximum atomic E-state index is 12.2. The molecule has 7 N–H and O–H groups in total. The van der Waals surface area contributed by atoms with Crippen LogP contribution in [0.1, 0.15) is 47.2 Å². The van der Waals surface area contributed by atoms with Crippen LogP contribution in [0.4, 0.5) is 10.9 Å². The molecule has 12 nitrogen and oxygen atoms in total. The topological polar surface area (TPSA) is 186 Å². The molecule has 1 amide bonds. The number of unbranched alkanes of at least 4 members (excludes halogenated alkanes) is 1. The molecule has 2 atom stereocenters. The lowest BCUT2D eigenvalue weighted by Gasteiger charge is -2.31. The van der Waals surface area contributed by atoms with Gasteiger partial charge in [0.1, 0.15) is 17.5 Å². The molecular weight excluding hydrogens is 594 g/mol. The number of aliphatic hydroxyl groups excluding tert-OH is 4. The number of amides is 1. The molecule has 2 aromatic heterocycles. The van der Waals surface area contributed by atoms with Gasteiger partial charge in [0, 0.05) is 19.4 Å². The zero-order valence-corrected chi connectivity index (χ0v) is 26.1. The number of nitrogens with one attached hydrogen (secondary N) is 3. The van der Waals surface area contributed by atoms with Gasteiger partial charge in [-0.2, -0.15) is 5.10 Å². The minimum absolute atomic E-state index is 0.135. The number of aryl methyl sites for hydroxylation is 2. The summed E-state index contributed by atoms with van der Waals surface area (Å²) in [5.74, 6) is 0.296. The van der Waals surface area contributed by atoms with Gasteiger partial charge in [0.15, 0.2) is 5.82 Å². The first-order valence-corrected chi connectivity index (χ1v) is 15.7. The van der Waals surface area contributed by atoms with Crippen molar-refractivity contribution in [2.45, 2.75) is 64.4 Å². The Morgan fingerprint density at radius 1 is 0.867 bits per heavy atom. The molecule has 2 aromatic carbocycles. The number of carbonyl (C=O) groups excluding carboxylic acids is 1. The normalized spacial score (nSPS) is 12.9. The van der Waals surface area contributed by atoms with Gasteiger partial charge in [-0.3, -0.25) is 10.1 Å². The van der Waals surface area contributed by atoms with Gasteiger partial charge in [-0.05, 0) is 48.1 Å². The van der Waals surface area contributed by atoms with E-state index < -0.39 is 17.9 Å². The summed E-state index contributed by atoms with van der Waals surface area (Å²) in [6, 6.07) is 20.8. The van der Waals surface area contributed by atoms with Crippen molar-refractivity contribution >= 4 is 28.2 Å². The Morgan fingerprint density at radius 2 is 1.60 bits per heavy atom. The summed E-state index contributed by atoms with van der Waals surface area (Å²) in [5.41, 5.74) is 2.52. The van der Waals surface area contributed by atoms with E-state index in [1.165, 1.54) is 11.3 Å².